The maximum Gasteiger partial charge on any atom is 0.248 e. The molecule has 0 heterocycles. The van der Waals surface area contributed by atoms with Crippen molar-refractivity contribution in [1.82, 2.24) is 5.32 Å². The van der Waals surface area contributed by atoms with Gasteiger partial charge in [-0.25, -0.2) is 0 Å². The molecule has 0 radical (unpaired) electrons. The van der Waals surface area contributed by atoms with E-state index in [0.717, 1.165) is 31.0 Å². The summed E-state index contributed by atoms with van der Waals surface area (Å²) in [5.74, 6) is 0.356. The van der Waals surface area contributed by atoms with Crippen molar-refractivity contribution < 1.29 is 4.79 Å². The van der Waals surface area contributed by atoms with Gasteiger partial charge in [-0.3, -0.25) is 4.79 Å². The van der Waals surface area contributed by atoms with Gasteiger partial charge in [0.15, 0.2) is 0 Å². The molecule has 128 valence electrons. The fourth-order valence-corrected chi connectivity index (χ4v) is 2.75. The van der Waals surface area contributed by atoms with E-state index in [4.69, 9.17) is 5.73 Å². The standard InChI is InChI=1S/C21H28N2O/c1-4-17-13-19(21(22)24)9-10-20(17)18-7-5-16(6-8-18)14-23-12-11-15(2)3/h5-10,13,15,23H,4,11-12,14H2,1-3H3,(H2,22,24). The number of carbonyl (C=O) groups excluding carboxylic acids is 1. The number of carbonyl (C=O) groups is 1. The second-order valence-corrected chi connectivity index (χ2v) is 6.65. The van der Waals surface area contributed by atoms with Crippen LogP contribution in [-0.2, 0) is 13.0 Å². The summed E-state index contributed by atoms with van der Waals surface area (Å²) >= 11 is 0. The summed E-state index contributed by atoms with van der Waals surface area (Å²) in [7, 11) is 0. The Morgan fingerprint density at radius 2 is 1.83 bits per heavy atom. The van der Waals surface area contributed by atoms with Gasteiger partial charge in [0.2, 0.25) is 5.91 Å². The number of benzene rings is 2. The van der Waals surface area contributed by atoms with Crippen molar-refractivity contribution in [1.29, 1.82) is 0 Å². The predicted molar refractivity (Wildman–Crippen MR) is 101 cm³/mol. The number of aryl methyl sites for hydroxylation is 1. The summed E-state index contributed by atoms with van der Waals surface area (Å²) in [4.78, 5) is 11.3. The monoisotopic (exact) mass is 324 g/mol. The number of hydrogen-bond donors (Lipinski definition) is 2. The van der Waals surface area contributed by atoms with Gasteiger partial charge in [0.1, 0.15) is 0 Å². The van der Waals surface area contributed by atoms with E-state index in [9.17, 15) is 4.79 Å². The largest absolute Gasteiger partial charge is 0.366 e. The highest BCUT2D eigenvalue weighted by Gasteiger charge is 2.08. The normalized spacial score (nSPS) is 11.0. The summed E-state index contributed by atoms with van der Waals surface area (Å²) in [6, 6.07) is 14.3. The van der Waals surface area contributed by atoms with Gasteiger partial charge in [-0.1, -0.05) is 51.1 Å². The summed E-state index contributed by atoms with van der Waals surface area (Å²) in [5, 5.41) is 3.48. The van der Waals surface area contributed by atoms with Crippen LogP contribution in [-0.4, -0.2) is 12.5 Å². The first-order valence-electron chi connectivity index (χ1n) is 8.74. The first kappa shape index (κ1) is 18.2. The van der Waals surface area contributed by atoms with Crippen molar-refractivity contribution in [3.63, 3.8) is 0 Å². The lowest BCUT2D eigenvalue weighted by Crippen LogP contribution is -2.16. The highest BCUT2D eigenvalue weighted by atomic mass is 16.1. The molecular weight excluding hydrogens is 296 g/mol. The molecule has 0 saturated heterocycles. The molecule has 0 unspecified atom stereocenters. The Morgan fingerprint density at radius 1 is 1.12 bits per heavy atom. The molecule has 0 fully saturated rings. The molecule has 3 heteroatoms. The number of amides is 1. The number of hydrogen-bond acceptors (Lipinski definition) is 2. The number of primary amides is 1. The molecule has 0 bridgehead atoms. The maximum atomic E-state index is 11.3. The van der Waals surface area contributed by atoms with Gasteiger partial charge in [0, 0.05) is 12.1 Å². The molecule has 1 amide bonds. The van der Waals surface area contributed by atoms with Gasteiger partial charge in [0.05, 0.1) is 0 Å². The first-order valence-corrected chi connectivity index (χ1v) is 8.74. The minimum atomic E-state index is -0.376. The van der Waals surface area contributed by atoms with Crippen LogP contribution >= 0.6 is 0 Å². The van der Waals surface area contributed by atoms with Crippen LogP contribution < -0.4 is 11.1 Å². The van der Waals surface area contributed by atoms with Crippen molar-refractivity contribution in [3.05, 3.63) is 59.2 Å². The molecule has 0 saturated carbocycles. The molecule has 3 nitrogen and oxygen atoms in total. The van der Waals surface area contributed by atoms with Crippen LogP contribution in [0.2, 0.25) is 0 Å². The Hall–Kier alpha value is -2.13. The van der Waals surface area contributed by atoms with E-state index in [1.165, 1.54) is 23.1 Å². The van der Waals surface area contributed by atoms with Crippen LogP contribution in [0.3, 0.4) is 0 Å². The van der Waals surface area contributed by atoms with Crippen LogP contribution in [0.5, 0.6) is 0 Å². The Morgan fingerprint density at radius 3 is 2.42 bits per heavy atom. The van der Waals surface area contributed by atoms with E-state index in [1.807, 2.05) is 12.1 Å². The zero-order chi connectivity index (χ0) is 17.5. The summed E-state index contributed by atoms with van der Waals surface area (Å²) in [6.07, 6.45) is 2.07. The van der Waals surface area contributed by atoms with Crippen LogP contribution in [0.4, 0.5) is 0 Å². The van der Waals surface area contributed by atoms with E-state index < -0.39 is 0 Å². The first-order chi connectivity index (χ1) is 11.5. The van der Waals surface area contributed by atoms with Crippen LogP contribution in [0.15, 0.2) is 42.5 Å². The molecule has 3 N–H and O–H groups in total. The van der Waals surface area contributed by atoms with Gasteiger partial charge < -0.3 is 11.1 Å². The third kappa shape index (κ3) is 4.93. The highest BCUT2D eigenvalue weighted by Crippen LogP contribution is 2.25. The van der Waals surface area contributed by atoms with Crippen molar-refractivity contribution in [3.8, 4) is 11.1 Å². The van der Waals surface area contributed by atoms with Gasteiger partial charge in [-0.15, -0.1) is 0 Å². The third-order valence-electron chi connectivity index (χ3n) is 4.26. The minimum Gasteiger partial charge on any atom is -0.366 e. The van der Waals surface area contributed by atoms with Gasteiger partial charge in [0.25, 0.3) is 0 Å². The topological polar surface area (TPSA) is 55.1 Å². The summed E-state index contributed by atoms with van der Waals surface area (Å²) in [5.41, 5.74) is 10.7. The molecule has 0 aliphatic carbocycles. The zero-order valence-corrected chi connectivity index (χ0v) is 14.9. The lowest BCUT2D eigenvalue weighted by Gasteiger charge is -2.11. The quantitative estimate of drug-likeness (QED) is 0.717. The smallest absolute Gasteiger partial charge is 0.248 e. The van der Waals surface area contributed by atoms with E-state index in [1.54, 1.807) is 6.07 Å². The second-order valence-electron chi connectivity index (χ2n) is 6.65. The van der Waals surface area contributed by atoms with Crippen molar-refractivity contribution >= 4 is 5.91 Å². The second kappa shape index (κ2) is 8.65. The van der Waals surface area contributed by atoms with Crippen molar-refractivity contribution in [2.75, 3.05) is 6.54 Å². The van der Waals surface area contributed by atoms with Crippen LogP contribution in [0.25, 0.3) is 11.1 Å². The van der Waals surface area contributed by atoms with Crippen LogP contribution in [0, 0.1) is 5.92 Å². The van der Waals surface area contributed by atoms with Gasteiger partial charge in [-0.2, -0.15) is 0 Å². The zero-order valence-electron chi connectivity index (χ0n) is 14.9. The molecule has 0 aliphatic heterocycles. The third-order valence-corrected chi connectivity index (χ3v) is 4.26. The molecule has 2 rings (SSSR count). The Bertz CT molecular complexity index is 675. The minimum absolute atomic E-state index is 0.376. The lowest BCUT2D eigenvalue weighted by molar-refractivity contribution is 0.1000. The summed E-state index contributed by atoms with van der Waals surface area (Å²) < 4.78 is 0. The fraction of sp³-hybridized carbons (Fsp3) is 0.381. The molecule has 2 aromatic carbocycles. The number of nitrogens with two attached hydrogens (primary N) is 1. The maximum absolute atomic E-state index is 11.3. The summed E-state index contributed by atoms with van der Waals surface area (Å²) in [6.45, 7) is 8.52. The van der Waals surface area contributed by atoms with Gasteiger partial charge >= 0.3 is 0 Å². The van der Waals surface area contributed by atoms with E-state index >= 15 is 0 Å². The van der Waals surface area contributed by atoms with Crippen molar-refractivity contribution in [2.45, 2.75) is 40.2 Å². The highest BCUT2D eigenvalue weighted by molar-refractivity contribution is 5.93. The molecule has 0 aromatic heterocycles. The molecule has 0 aliphatic rings. The Balaban J connectivity index is 2.09. The average molecular weight is 324 g/mol. The SMILES string of the molecule is CCc1cc(C(N)=O)ccc1-c1ccc(CNCCC(C)C)cc1. The van der Waals surface area contributed by atoms with E-state index in [0.29, 0.717) is 5.56 Å². The molecule has 0 atom stereocenters. The Kier molecular flexibility index (Phi) is 6.56. The molecule has 0 spiro atoms. The van der Waals surface area contributed by atoms with E-state index in [2.05, 4.69) is 50.4 Å². The number of rotatable bonds is 8. The van der Waals surface area contributed by atoms with Crippen molar-refractivity contribution in [2.24, 2.45) is 11.7 Å². The molecular formula is C21H28N2O. The van der Waals surface area contributed by atoms with E-state index in [-0.39, 0.29) is 5.91 Å². The van der Waals surface area contributed by atoms with Gasteiger partial charge in [-0.05, 0) is 59.7 Å². The lowest BCUT2D eigenvalue weighted by atomic mass is 9.95. The molecule has 2 aromatic rings. The molecule has 24 heavy (non-hydrogen) atoms. The fourth-order valence-electron chi connectivity index (χ4n) is 2.75. The Labute approximate surface area is 145 Å². The average Bonchev–Trinajstić information content (AvgIpc) is 2.58. The predicted octanol–water partition coefficient (Wildman–Crippen LogP) is 4.15. The van der Waals surface area contributed by atoms with Crippen LogP contribution in [0.1, 0.15) is 48.7 Å². The number of nitrogens with one attached hydrogen (secondary N) is 1.